The van der Waals surface area contributed by atoms with Crippen molar-refractivity contribution in [2.45, 2.75) is 0 Å². The largest absolute Gasteiger partial charge is 0.336 e. The van der Waals surface area contributed by atoms with E-state index in [4.69, 9.17) is 0 Å². The number of likely N-dealkylation sites (tertiary alicyclic amines) is 1. The molecule has 7 nitrogen and oxygen atoms in total. The Balaban J connectivity index is 1.50. The van der Waals surface area contributed by atoms with Crippen LogP contribution in [0.5, 0.6) is 0 Å². The first kappa shape index (κ1) is 13.9. The van der Waals surface area contributed by atoms with Crippen LogP contribution in [0.2, 0.25) is 0 Å². The highest BCUT2D eigenvalue weighted by Crippen LogP contribution is 2.35. The lowest BCUT2D eigenvalue weighted by molar-refractivity contribution is -0.120. The maximum absolute atomic E-state index is 12.7. The molecule has 0 bridgehead atoms. The van der Waals surface area contributed by atoms with Gasteiger partial charge in [0, 0.05) is 45.0 Å². The number of rotatable bonds is 2. The van der Waals surface area contributed by atoms with Crippen LogP contribution >= 0.6 is 0 Å². The Morgan fingerprint density at radius 2 is 2.09 bits per heavy atom. The molecule has 0 unspecified atom stereocenters. The molecular formula is C16H17N5O2. The van der Waals surface area contributed by atoms with Crippen LogP contribution in [0.3, 0.4) is 0 Å². The molecule has 7 heteroatoms. The van der Waals surface area contributed by atoms with Crippen LogP contribution in [0.1, 0.15) is 10.5 Å². The molecule has 0 aliphatic carbocycles. The van der Waals surface area contributed by atoms with Gasteiger partial charge in [0.25, 0.3) is 5.91 Å². The molecule has 2 aromatic heterocycles. The van der Waals surface area contributed by atoms with Crippen LogP contribution in [-0.4, -0.2) is 51.1 Å². The number of pyridine rings is 1. The first-order valence-electron chi connectivity index (χ1n) is 7.64. The summed E-state index contributed by atoms with van der Waals surface area (Å²) in [7, 11) is 1.75. The zero-order valence-corrected chi connectivity index (χ0v) is 12.8. The van der Waals surface area contributed by atoms with Gasteiger partial charge in [-0.25, -0.2) is 0 Å². The molecule has 0 radical (unpaired) electrons. The Kier molecular flexibility index (Phi) is 3.14. The third-order valence-corrected chi connectivity index (χ3v) is 4.73. The predicted octanol–water partition coefficient (Wildman–Crippen LogP) is 0.550. The molecule has 0 spiro atoms. The Hall–Kier alpha value is -2.70. The molecule has 2 amide bonds. The van der Waals surface area contributed by atoms with Crippen molar-refractivity contribution in [1.29, 1.82) is 0 Å². The highest BCUT2D eigenvalue weighted by atomic mass is 16.2. The number of carbonyl (C=O) groups is 2. The van der Waals surface area contributed by atoms with Gasteiger partial charge in [0.1, 0.15) is 5.69 Å². The number of anilines is 1. The number of aryl methyl sites for hydroxylation is 1. The molecule has 118 valence electrons. The highest BCUT2D eigenvalue weighted by Gasteiger charge is 2.48. The SMILES string of the molecule is Cn1nccc1C(=O)N1C[C@H]2CN(c3cccnc3)C(=O)[C@H]2C1. The van der Waals surface area contributed by atoms with Crippen LogP contribution in [0, 0.1) is 11.8 Å². The average molecular weight is 311 g/mol. The molecule has 2 aliphatic heterocycles. The second kappa shape index (κ2) is 5.19. The molecule has 0 N–H and O–H groups in total. The van der Waals surface area contributed by atoms with Crippen LogP contribution < -0.4 is 4.90 Å². The Bertz CT molecular complexity index is 757. The van der Waals surface area contributed by atoms with Gasteiger partial charge < -0.3 is 9.80 Å². The standard InChI is InChI=1S/C16H17N5O2/c1-19-14(4-6-18-19)16(23)20-8-11-9-21(15(22)13(11)10-20)12-3-2-5-17-7-12/h2-7,11,13H,8-10H2,1H3/t11-,13-/m0/s1. The zero-order chi connectivity index (χ0) is 16.0. The van der Waals surface area contributed by atoms with E-state index in [1.807, 2.05) is 12.1 Å². The Morgan fingerprint density at radius 3 is 2.74 bits per heavy atom. The minimum atomic E-state index is -0.118. The minimum absolute atomic E-state index is 0.0554. The molecular weight excluding hydrogens is 294 g/mol. The van der Waals surface area contributed by atoms with Gasteiger partial charge in [-0.05, 0) is 18.2 Å². The maximum Gasteiger partial charge on any atom is 0.272 e. The predicted molar refractivity (Wildman–Crippen MR) is 82.7 cm³/mol. The number of hydrogen-bond acceptors (Lipinski definition) is 4. The number of hydrogen-bond donors (Lipinski definition) is 0. The third-order valence-electron chi connectivity index (χ3n) is 4.73. The summed E-state index contributed by atoms with van der Waals surface area (Å²) in [4.78, 5) is 32.8. The fraction of sp³-hybridized carbons (Fsp3) is 0.375. The molecule has 4 rings (SSSR count). The quantitative estimate of drug-likeness (QED) is 0.812. The molecule has 2 fully saturated rings. The van der Waals surface area contributed by atoms with Crippen LogP contribution in [-0.2, 0) is 11.8 Å². The summed E-state index contributed by atoms with van der Waals surface area (Å²) in [6.07, 6.45) is 5.01. The average Bonchev–Trinajstić information content (AvgIpc) is 3.24. The van der Waals surface area contributed by atoms with E-state index >= 15 is 0 Å². The van der Waals surface area contributed by atoms with E-state index < -0.39 is 0 Å². The Labute approximate surface area is 133 Å². The summed E-state index contributed by atoms with van der Waals surface area (Å²) in [6, 6.07) is 5.43. The number of nitrogens with zero attached hydrogens (tertiary/aromatic N) is 5. The maximum atomic E-state index is 12.7. The van der Waals surface area contributed by atoms with Crippen molar-refractivity contribution in [2.24, 2.45) is 18.9 Å². The molecule has 0 saturated carbocycles. The van der Waals surface area contributed by atoms with Crippen molar-refractivity contribution in [1.82, 2.24) is 19.7 Å². The normalized spacial score (nSPS) is 23.4. The second-order valence-electron chi connectivity index (χ2n) is 6.08. The van der Waals surface area contributed by atoms with Crippen LogP contribution in [0.25, 0.3) is 0 Å². The zero-order valence-electron chi connectivity index (χ0n) is 12.8. The first-order chi connectivity index (χ1) is 11.1. The van der Waals surface area contributed by atoms with Crippen molar-refractivity contribution in [3.63, 3.8) is 0 Å². The lowest BCUT2D eigenvalue weighted by Gasteiger charge is -2.21. The molecule has 0 aromatic carbocycles. The van der Waals surface area contributed by atoms with Crippen LogP contribution in [0.4, 0.5) is 5.69 Å². The van der Waals surface area contributed by atoms with E-state index in [0.29, 0.717) is 25.3 Å². The number of amides is 2. The van der Waals surface area contributed by atoms with Gasteiger partial charge in [0.15, 0.2) is 0 Å². The van der Waals surface area contributed by atoms with Gasteiger partial charge in [0.2, 0.25) is 5.91 Å². The van der Waals surface area contributed by atoms with E-state index in [1.54, 1.807) is 46.2 Å². The first-order valence-corrected chi connectivity index (χ1v) is 7.64. The van der Waals surface area contributed by atoms with Crippen LogP contribution in [0.15, 0.2) is 36.8 Å². The minimum Gasteiger partial charge on any atom is -0.336 e. The van der Waals surface area contributed by atoms with E-state index in [1.165, 1.54) is 0 Å². The summed E-state index contributed by atoms with van der Waals surface area (Å²) in [5.74, 6) is 0.0932. The molecule has 2 aliphatic rings. The smallest absolute Gasteiger partial charge is 0.272 e. The summed E-state index contributed by atoms with van der Waals surface area (Å²) in [5.41, 5.74) is 1.39. The molecule has 2 aromatic rings. The van der Waals surface area contributed by atoms with Gasteiger partial charge in [-0.3, -0.25) is 19.3 Å². The van der Waals surface area contributed by atoms with E-state index in [9.17, 15) is 9.59 Å². The van der Waals surface area contributed by atoms with E-state index in [-0.39, 0.29) is 23.7 Å². The number of fused-ring (bicyclic) bond motifs is 1. The lowest BCUT2D eigenvalue weighted by atomic mass is 10.0. The molecule has 4 heterocycles. The summed E-state index contributed by atoms with van der Waals surface area (Å²) >= 11 is 0. The Morgan fingerprint density at radius 1 is 1.22 bits per heavy atom. The van der Waals surface area contributed by atoms with Crippen molar-refractivity contribution >= 4 is 17.5 Å². The summed E-state index contributed by atoms with van der Waals surface area (Å²) in [6.45, 7) is 1.73. The van der Waals surface area contributed by atoms with E-state index in [2.05, 4.69) is 10.1 Å². The molecule has 2 saturated heterocycles. The fourth-order valence-corrected chi connectivity index (χ4v) is 3.52. The van der Waals surface area contributed by atoms with Gasteiger partial charge in [0.05, 0.1) is 17.8 Å². The molecule has 2 atom stereocenters. The van der Waals surface area contributed by atoms with Crippen molar-refractivity contribution in [3.05, 3.63) is 42.5 Å². The highest BCUT2D eigenvalue weighted by molar-refractivity contribution is 5.99. The van der Waals surface area contributed by atoms with Crippen molar-refractivity contribution in [2.75, 3.05) is 24.5 Å². The third kappa shape index (κ3) is 2.19. The number of carbonyl (C=O) groups excluding carboxylic acids is 2. The topological polar surface area (TPSA) is 71.3 Å². The summed E-state index contributed by atoms with van der Waals surface area (Å²) < 4.78 is 1.57. The van der Waals surface area contributed by atoms with Crippen molar-refractivity contribution in [3.8, 4) is 0 Å². The number of aromatic nitrogens is 3. The molecule has 23 heavy (non-hydrogen) atoms. The lowest BCUT2D eigenvalue weighted by Crippen LogP contribution is -2.36. The van der Waals surface area contributed by atoms with Gasteiger partial charge in [-0.15, -0.1) is 0 Å². The van der Waals surface area contributed by atoms with Gasteiger partial charge >= 0.3 is 0 Å². The monoisotopic (exact) mass is 311 g/mol. The van der Waals surface area contributed by atoms with Crippen molar-refractivity contribution < 1.29 is 9.59 Å². The van der Waals surface area contributed by atoms with E-state index in [0.717, 1.165) is 5.69 Å². The van der Waals surface area contributed by atoms with Gasteiger partial charge in [-0.2, -0.15) is 5.10 Å². The van der Waals surface area contributed by atoms with Gasteiger partial charge in [-0.1, -0.05) is 0 Å². The fourth-order valence-electron chi connectivity index (χ4n) is 3.52. The second-order valence-corrected chi connectivity index (χ2v) is 6.08. The summed E-state index contributed by atoms with van der Waals surface area (Å²) in [5, 5.41) is 4.04.